The normalized spacial score (nSPS) is 29.3. The van der Waals surface area contributed by atoms with Gasteiger partial charge in [-0.2, -0.15) is 0 Å². The van der Waals surface area contributed by atoms with E-state index in [0.717, 1.165) is 29.1 Å². The Morgan fingerprint density at radius 3 is 2.32 bits per heavy atom. The fourth-order valence-corrected chi connectivity index (χ4v) is 3.66. The molecule has 2 saturated heterocycles. The van der Waals surface area contributed by atoms with Crippen LogP contribution < -0.4 is 5.32 Å². The smallest absolute Gasteiger partial charge is 0.0233 e. The van der Waals surface area contributed by atoms with Gasteiger partial charge < -0.3 is 5.32 Å². The van der Waals surface area contributed by atoms with Crippen LogP contribution in [0, 0.1) is 0 Å². The number of halogens is 2. The Kier molecular flexibility index (Phi) is 5.29. The van der Waals surface area contributed by atoms with Gasteiger partial charge in [0, 0.05) is 29.1 Å². The average Bonchev–Trinajstić information content (AvgIpc) is 2.71. The summed E-state index contributed by atoms with van der Waals surface area (Å²) in [4.78, 5) is 2.54. The first kappa shape index (κ1) is 15.3. The fourth-order valence-electron chi connectivity index (χ4n) is 3.39. The second kappa shape index (κ2) is 6.57. The van der Waals surface area contributed by atoms with Crippen molar-refractivity contribution in [2.24, 2.45) is 0 Å². The van der Waals surface area contributed by atoms with E-state index in [-0.39, 0.29) is 12.4 Å². The van der Waals surface area contributed by atoms with Gasteiger partial charge in [-0.05, 0) is 50.4 Å². The molecule has 1 aromatic rings. The van der Waals surface area contributed by atoms with Crippen LogP contribution in [-0.4, -0.2) is 30.1 Å². The van der Waals surface area contributed by atoms with Gasteiger partial charge in [-0.3, -0.25) is 4.90 Å². The first-order valence-electron chi connectivity index (χ1n) is 6.91. The fraction of sp³-hybridized carbons (Fsp3) is 0.600. The lowest BCUT2D eigenvalue weighted by atomic mass is 9.98. The van der Waals surface area contributed by atoms with E-state index in [1.807, 2.05) is 0 Å². The van der Waals surface area contributed by atoms with Crippen LogP contribution in [0.1, 0.15) is 31.2 Å². The number of fused-ring (bicyclic) bond motifs is 2. The Balaban J connectivity index is 0.00000133. The Hall–Kier alpha value is -0.0900. The van der Waals surface area contributed by atoms with Gasteiger partial charge in [-0.1, -0.05) is 28.1 Å². The average molecular weight is 346 g/mol. The van der Waals surface area contributed by atoms with E-state index < -0.39 is 0 Å². The van der Waals surface area contributed by atoms with Crippen LogP contribution >= 0.6 is 28.3 Å². The van der Waals surface area contributed by atoms with E-state index in [1.54, 1.807) is 0 Å². The molecular weight excluding hydrogens is 324 g/mol. The van der Waals surface area contributed by atoms with Crippen LogP contribution in [0.25, 0.3) is 0 Å². The van der Waals surface area contributed by atoms with Crippen LogP contribution in [0.15, 0.2) is 28.7 Å². The summed E-state index contributed by atoms with van der Waals surface area (Å²) < 4.78 is 1.16. The second-order valence-electron chi connectivity index (χ2n) is 5.80. The minimum Gasteiger partial charge on any atom is -0.311 e. The van der Waals surface area contributed by atoms with Crippen molar-refractivity contribution in [1.29, 1.82) is 0 Å². The molecule has 2 fully saturated rings. The number of benzene rings is 1. The lowest BCUT2D eigenvalue weighted by Crippen LogP contribution is -2.46. The Bertz CT molecular complexity index is 397. The summed E-state index contributed by atoms with van der Waals surface area (Å²) in [5, 5.41) is 3.71. The largest absolute Gasteiger partial charge is 0.311 e. The van der Waals surface area contributed by atoms with E-state index >= 15 is 0 Å². The molecule has 0 saturated carbocycles. The van der Waals surface area contributed by atoms with Crippen molar-refractivity contribution in [3.05, 3.63) is 34.3 Å². The van der Waals surface area contributed by atoms with Crippen molar-refractivity contribution in [3.8, 4) is 0 Å². The third kappa shape index (κ3) is 3.72. The molecule has 4 heteroatoms. The monoisotopic (exact) mass is 344 g/mol. The summed E-state index contributed by atoms with van der Waals surface area (Å²) in [6.45, 7) is 1.07. The maximum atomic E-state index is 3.71. The summed E-state index contributed by atoms with van der Waals surface area (Å²) in [7, 11) is 2.28. The third-order valence-corrected chi connectivity index (χ3v) is 4.95. The molecule has 2 aliphatic rings. The molecule has 0 aromatic heterocycles. The summed E-state index contributed by atoms with van der Waals surface area (Å²) >= 11 is 3.49. The molecule has 2 atom stereocenters. The highest BCUT2D eigenvalue weighted by Gasteiger charge is 2.34. The minimum absolute atomic E-state index is 0. The molecule has 1 N–H and O–H groups in total. The van der Waals surface area contributed by atoms with Crippen molar-refractivity contribution in [3.63, 3.8) is 0 Å². The predicted octanol–water partition coefficient (Wildman–Crippen LogP) is 3.59. The van der Waals surface area contributed by atoms with Crippen LogP contribution in [0.2, 0.25) is 0 Å². The number of piperidine rings is 1. The lowest BCUT2D eigenvalue weighted by molar-refractivity contribution is 0.166. The Labute approximate surface area is 130 Å². The summed E-state index contributed by atoms with van der Waals surface area (Å²) in [5.74, 6) is 0. The molecule has 0 amide bonds. The van der Waals surface area contributed by atoms with Gasteiger partial charge in [0.2, 0.25) is 0 Å². The molecule has 1 aromatic carbocycles. The molecule has 0 spiro atoms. The highest BCUT2D eigenvalue weighted by atomic mass is 79.9. The quantitative estimate of drug-likeness (QED) is 0.900. The number of hydrogen-bond acceptors (Lipinski definition) is 2. The number of nitrogens with zero attached hydrogens (tertiary/aromatic N) is 1. The van der Waals surface area contributed by atoms with Gasteiger partial charge in [-0.25, -0.2) is 0 Å². The Morgan fingerprint density at radius 1 is 1.16 bits per heavy atom. The van der Waals surface area contributed by atoms with Crippen LogP contribution in [0.5, 0.6) is 0 Å². The highest BCUT2D eigenvalue weighted by molar-refractivity contribution is 9.10. The molecule has 2 aliphatic heterocycles. The van der Waals surface area contributed by atoms with Crippen molar-refractivity contribution < 1.29 is 0 Å². The first-order valence-corrected chi connectivity index (χ1v) is 7.71. The molecule has 2 nitrogen and oxygen atoms in total. The molecule has 0 radical (unpaired) electrons. The minimum atomic E-state index is 0. The van der Waals surface area contributed by atoms with E-state index in [4.69, 9.17) is 0 Å². The molecule has 106 valence electrons. The maximum absolute atomic E-state index is 3.71. The van der Waals surface area contributed by atoms with Crippen LogP contribution in [0.4, 0.5) is 0 Å². The van der Waals surface area contributed by atoms with Gasteiger partial charge in [0.1, 0.15) is 0 Å². The SMILES string of the molecule is CN(Cc1ccc(Br)cc1)C1CC2CCC(C1)N2.Cl. The van der Waals surface area contributed by atoms with E-state index in [1.165, 1.54) is 31.2 Å². The standard InChI is InChI=1S/C15H21BrN2.ClH/c1-18(10-11-2-4-12(16)5-3-11)15-8-13-6-7-14(9-15)17-13;/h2-5,13-15,17H,6-10H2,1H3;1H. The summed E-state index contributed by atoms with van der Waals surface area (Å²) in [5.41, 5.74) is 1.41. The zero-order valence-electron chi connectivity index (χ0n) is 11.3. The van der Waals surface area contributed by atoms with Crippen LogP contribution in [-0.2, 0) is 6.54 Å². The van der Waals surface area contributed by atoms with E-state index in [9.17, 15) is 0 Å². The van der Waals surface area contributed by atoms with Crippen molar-refractivity contribution in [1.82, 2.24) is 10.2 Å². The van der Waals surface area contributed by atoms with Crippen molar-refractivity contribution in [2.75, 3.05) is 7.05 Å². The van der Waals surface area contributed by atoms with Gasteiger partial charge in [0.25, 0.3) is 0 Å². The van der Waals surface area contributed by atoms with Crippen LogP contribution in [0.3, 0.4) is 0 Å². The number of rotatable bonds is 3. The highest BCUT2D eigenvalue weighted by Crippen LogP contribution is 2.29. The second-order valence-corrected chi connectivity index (χ2v) is 6.72. The van der Waals surface area contributed by atoms with Gasteiger partial charge in [0.05, 0.1) is 0 Å². The van der Waals surface area contributed by atoms with E-state index in [0.29, 0.717) is 0 Å². The Morgan fingerprint density at radius 2 is 1.74 bits per heavy atom. The number of hydrogen-bond donors (Lipinski definition) is 1. The number of nitrogens with one attached hydrogen (secondary N) is 1. The molecular formula is C15H22BrClN2. The molecule has 0 aliphatic carbocycles. The van der Waals surface area contributed by atoms with E-state index in [2.05, 4.69) is 57.5 Å². The zero-order chi connectivity index (χ0) is 12.5. The molecule has 3 rings (SSSR count). The summed E-state index contributed by atoms with van der Waals surface area (Å²) in [6, 6.07) is 11.0. The van der Waals surface area contributed by atoms with Crippen molar-refractivity contribution >= 4 is 28.3 Å². The topological polar surface area (TPSA) is 15.3 Å². The first-order chi connectivity index (χ1) is 8.70. The lowest BCUT2D eigenvalue weighted by Gasteiger charge is -2.35. The zero-order valence-corrected chi connectivity index (χ0v) is 13.7. The maximum Gasteiger partial charge on any atom is 0.0233 e. The third-order valence-electron chi connectivity index (χ3n) is 4.42. The summed E-state index contributed by atoms with van der Waals surface area (Å²) in [6.07, 6.45) is 5.41. The predicted molar refractivity (Wildman–Crippen MR) is 85.8 cm³/mol. The molecule has 19 heavy (non-hydrogen) atoms. The van der Waals surface area contributed by atoms with Gasteiger partial charge in [-0.15, -0.1) is 12.4 Å². The molecule has 2 bridgehead atoms. The molecule has 2 heterocycles. The van der Waals surface area contributed by atoms with Gasteiger partial charge >= 0.3 is 0 Å². The van der Waals surface area contributed by atoms with Crippen molar-refractivity contribution in [2.45, 2.75) is 50.4 Å². The molecule has 2 unspecified atom stereocenters. The van der Waals surface area contributed by atoms with Gasteiger partial charge in [0.15, 0.2) is 0 Å².